The van der Waals surface area contributed by atoms with Crippen LogP contribution >= 0.6 is 0 Å². The standard InChI is InChI=1S/C17H30N2O2/c1-17(2)15(14-6-4-8-20-16(14)17)18-9-13-10-19-7-3-5-12(19)11-21-13/h12-16,18H,3-11H2,1-2H3. The van der Waals surface area contributed by atoms with Crippen LogP contribution in [0, 0.1) is 11.3 Å². The van der Waals surface area contributed by atoms with Gasteiger partial charge in [-0.25, -0.2) is 0 Å². The topological polar surface area (TPSA) is 33.7 Å². The summed E-state index contributed by atoms with van der Waals surface area (Å²) < 4.78 is 12.1. The second-order valence-electron chi connectivity index (χ2n) is 8.05. The van der Waals surface area contributed by atoms with Gasteiger partial charge in [0.15, 0.2) is 0 Å². The van der Waals surface area contributed by atoms with E-state index in [1.807, 2.05) is 0 Å². The number of hydrogen-bond acceptors (Lipinski definition) is 4. The molecule has 0 amide bonds. The Morgan fingerprint density at radius 1 is 1.19 bits per heavy atom. The van der Waals surface area contributed by atoms with Crippen molar-refractivity contribution in [2.24, 2.45) is 11.3 Å². The van der Waals surface area contributed by atoms with Crippen LogP contribution in [0.2, 0.25) is 0 Å². The Morgan fingerprint density at radius 3 is 3.00 bits per heavy atom. The van der Waals surface area contributed by atoms with Gasteiger partial charge in [0.05, 0.1) is 18.8 Å². The van der Waals surface area contributed by atoms with Crippen LogP contribution in [-0.2, 0) is 9.47 Å². The van der Waals surface area contributed by atoms with E-state index in [1.54, 1.807) is 0 Å². The molecule has 120 valence electrons. The molecular weight excluding hydrogens is 264 g/mol. The minimum Gasteiger partial charge on any atom is -0.377 e. The van der Waals surface area contributed by atoms with E-state index in [0.717, 1.165) is 32.2 Å². The van der Waals surface area contributed by atoms with Crippen molar-refractivity contribution in [2.75, 3.05) is 32.8 Å². The first-order valence-electron chi connectivity index (χ1n) is 8.87. The number of nitrogens with zero attached hydrogens (tertiary/aromatic N) is 1. The van der Waals surface area contributed by atoms with E-state index in [-0.39, 0.29) is 5.41 Å². The lowest BCUT2D eigenvalue weighted by atomic mass is 9.55. The predicted molar refractivity (Wildman–Crippen MR) is 82.4 cm³/mol. The number of ether oxygens (including phenoxy) is 2. The monoisotopic (exact) mass is 294 g/mol. The van der Waals surface area contributed by atoms with Crippen molar-refractivity contribution in [3.8, 4) is 0 Å². The molecule has 4 fully saturated rings. The maximum atomic E-state index is 6.08. The molecule has 21 heavy (non-hydrogen) atoms. The Kier molecular flexibility index (Phi) is 3.77. The van der Waals surface area contributed by atoms with Crippen molar-refractivity contribution in [2.45, 2.75) is 63.8 Å². The quantitative estimate of drug-likeness (QED) is 0.858. The molecule has 1 aliphatic carbocycles. The highest BCUT2D eigenvalue weighted by molar-refractivity contribution is 5.10. The van der Waals surface area contributed by atoms with E-state index in [1.165, 1.54) is 32.2 Å². The summed E-state index contributed by atoms with van der Waals surface area (Å²) in [6, 6.07) is 1.31. The number of hydrogen-bond donors (Lipinski definition) is 1. The van der Waals surface area contributed by atoms with Crippen molar-refractivity contribution in [3.63, 3.8) is 0 Å². The zero-order chi connectivity index (χ0) is 14.4. The third kappa shape index (κ3) is 2.44. The fourth-order valence-corrected chi connectivity index (χ4v) is 5.20. The molecule has 0 aromatic rings. The van der Waals surface area contributed by atoms with E-state index < -0.39 is 0 Å². The highest BCUT2D eigenvalue weighted by Gasteiger charge is 2.57. The van der Waals surface area contributed by atoms with Crippen molar-refractivity contribution < 1.29 is 9.47 Å². The molecule has 0 radical (unpaired) electrons. The Hall–Kier alpha value is -0.160. The van der Waals surface area contributed by atoms with Crippen LogP contribution in [0.15, 0.2) is 0 Å². The van der Waals surface area contributed by atoms with Gasteiger partial charge < -0.3 is 14.8 Å². The van der Waals surface area contributed by atoms with Gasteiger partial charge in [-0.05, 0) is 32.2 Å². The Balaban J connectivity index is 1.30. The lowest BCUT2D eigenvalue weighted by Gasteiger charge is -2.60. The van der Waals surface area contributed by atoms with E-state index >= 15 is 0 Å². The van der Waals surface area contributed by atoms with Crippen molar-refractivity contribution >= 4 is 0 Å². The van der Waals surface area contributed by atoms with Gasteiger partial charge in [0, 0.05) is 43.1 Å². The first-order chi connectivity index (χ1) is 10.2. The van der Waals surface area contributed by atoms with E-state index in [4.69, 9.17) is 9.47 Å². The maximum absolute atomic E-state index is 6.08. The fourth-order valence-electron chi connectivity index (χ4n) is 5.20. The summed E-state index contributed by atoms with van der Waals surface area (Å²) in [5.41, 5.74) is 0.274. The van der Waals surface area contributed by atoms with Crippen molar-refractivity contribution in [1.82, 2.24) is 10.2 Å². The molecular formula is C17H30N2O2. The number of fused-ring (bicyclic) bond motifs is 2. The molecule has 0 aromatic carbocycles. The van der Waals surface area contributed by atoms with Gasteiger partial charge >= 0.3 is 0 Å². The summed E-state index contributed by atoms with van der Waals surface area (Å²) in [6.45, 7) is 10.0. The fraction of sp³-hybridized carbons (Fsp3) is 1.00. The van der Waals surface area contributed by atoms with Crippen LogP contribution in [0.4, 0.5) is 0 Å². The SMILES string of the molecule is CC1(C)C(NCC2CN3CCCC3CO2)C2CCCOC21. The molecule has 4 nitrogen and oxygen atoms in total. The van der Waals surface area contributed by atoms with Gasteiger partial charge in [0.1, 0.15) is 0 Å². The molecule has 0 bridgehead atoms. The largest absolute Gasteiger partial charge is 0.377 e. The molecule has 3 heterocycles. The molecule has 5 unspecified atom stereocenters. The zero-order valence-corrected chi connectivity index (χ0v) is 13.5. The minimum absolute atomic E-state index is 0.274. The Labute approximate surface area is 128 Å². The van der Waals surface area contributed by atoms with Gasteiger partial charge in [0.25, 0.3) is 0 Å². The summed E-state index contributed by atoms with van der Waals surface area (Å²) in [7, 11) is 0. The molecule has 4 aliphatic rings. The number of morpholine rings is 1. The molecule has 3 aliphatic heterocycles. The third-order valence-corrected chi connectivity index (χ3v) is 6.36. The Morgan fingerprint density at radius 2 is 2.10 bits per heavy atom. The van der Waals surface area contributed by atoms with E-state index in [0.29, 0.717) is 24.3 Å². The van der Waals surface area contributed by atoms with E-state index in [9.17, 15) is 0 Å². The zero-order valence-electron chi connectivity index (χ0n) is 13.5. The second kappa shape index (κ2) is 5.48. The van der Waals surface area contributed by atoms with Gasteiger partial charge in [-0.15, -0.1) is 0 Å². The van der Waals surface area contributed by atoms with E-state index in [2.05, 4.69) is 24.1 Å². The number of nitrogens with one attached hydrogen (secondary N) is 1. The highest BCUT2D eigenvalue weighted by Crippen LogP contribution is 2.51. The van der Waals surface area contributed by atoms with Crippen LogP contribution in [0.1, 0.15) is 39.5 Å². The summed E-state index contributed by atoms with van der Waals surface area (Å²) in [5.74, 6) is 0.719. The van der Waals surface area contributed by atoms with Crippen LogP contribution in [-0.4, -0.2) is 62.0 Å². The molecule has 1 N–H and O–H groups in total. The molecule has 4 heteroatoms. The Bertz CT molecular complexity index is 387. The summed E-state index contributed by atoms with van der Waals surface area (Å²) in [5, 5.41) is 3.83. The van der Waals surface area contributed by atoms with Crippen molar-refractivity contribution in [3.05, 3.63) is 0 Å². The normalized spacial score (nSPS) is 45.7. The van der Waals surface area contributed by atoms with Crippen LogP contribution in [0.3, 0.4) is 0 Å². The highest BCUT2D eigenvalue weighted by atomic mass is 16.5. The first-order valence-corrected chi connectivity index (χ1v) is 8.87. The summed E-state index contributed by atoms with van der Waals surface area (Å²) >= 11 is 0. The molecule has 1 saturated carbocycles. The van der Waals surface area contributed by atoms with Crippen LogP contribution < -0.4 is 5.32 Å². The van der Waals surface area contributed by atoms with Gasteiger partial charge in [0.2, 0.25) is 0 Å². The molecule has 3 saturated heterocycles. The third-order valence-electron chi connectivity index (χ3n) is 6.36. The van der Waals surface area contributed by atoms with Crippen LogP contribution in [0.5, 0.6) is 0 Å². The lowest BCUT2D eigenvalue weighted by Crippen LogP contribution is -2.70. The van der Waals surface area contributed by atoms with Gasteiger partial charge in [-0.1, -0.05) is 13.8 Å². The van der Waals surface area contributed by atoms with Gasteiger partial charge in [-0.3, -0.25) is 4.90 Å². The molecule has 0 spiro atoms. The molecule has 5 atom stereocenters. The maximum Gasteiger partial charge on any atom is 0.0827 e. The summed E-state index contributed by atoms with van der Waals surface area (Å²) in [4.78, 5) is 2.63. The van der Waals surface area contributed by atoms with Gasteiger partial charge in [-0.2, -0.15) is 0 Å². The summed E-state index contributed by atoms with van der Waals surface area (Å²) in [6.07, 6.45) is 6.08. The lowest BCUT2D eigenvalue weighted by molar-refractivity contribution is -0.194. The first kappa shape index (κ1) is 14.4. The second-order valence-corrected chi connectivity index (χ2v) is 8.05. The van der Waals surface area contributed by atoms with Crippen molar-refractivity contribution in [1.29, 1.82) is 0 Å². The molecule has 4 rings (SSSR count). The number of rotatable bonds is 3. The smallest absolute Gasteiger partial charge is 0.0827 e. The van der Waals surface area contributed by atoms with Crippen LogP contribution in [0.25, 0.3) is 0 Å². The average Bonchev–Trinajstić information content (AvgIpc) is 2.95. The molecule has 0 aromatic heterocycles. The minimum atomic E-state index is 0.274. The average molecular weight is 294 g/mol. The predicted octanol–water partition coefficient (Wildman–Crippen LogP) is 1.64.